The fraction of sp³-hybridized carbons (Fsp3) is 0.765. The van der Waals surface area contributed by atoms with Crippen LogP contribution in [0.15, 0.2) is 24.6 Å². The standard InChI is InChI=1S/C17H32N2O/c1-2-3-4-5-6-7-8-9-10-11-12-17-18-13-14-19(17)15-16-20/h5-6,13-14,17-18,20H,2-4,7-12,15-16H2,1H3/b6-5+. The van der Waals surface area contributed by atoms with E-state index in [9.17, 15) is 0 Å². The number of unbranched alkanes of at least 4 members (excludes halogenated alkanes) is 6. The van der Waals surface area contributed by atoms with Gasteiger partial charge in [-0.2, -0.15) is 0 Å². The summed E-state index contributed by atoms with van der Waals surface area (Å²) in [7, 11) is 0. The van der Waals surface area contributed by atoms with Gasteiger partial charge < -0.3 is 15.3 Å². The second kappa shape index (κ2) is 11.8. The summed E-state index contributed by atoms with van der Waals surface area (Å²) in [5.74, 6) is 0. The highest BCUT2D eigenvalue weighted by atomic mass is 16.3. The van der Waals surface area contributed by atoms with E-state index in [0.717, 1.165) is 6.54 Å². The first-order valence-corrected chi connectivity index (χ1v) is 8.32. The van der Waals surface area contributed by atoms with Gasteiger partial charge in [0.05, 0.1) is 12.8 Å². The minimum absolute atomic E-state index is 0.229. The van der Waals surface area contributed by atoms with Crippen LogP contribution in [0.25, 0.3) is 0 Å². The molecule has 0 saturated carbocycles. The summed E-state index contributed by atoms with van der Waals surface area (Å²) in [5.41, 5.74) is 0. The van der Waals surface area contributed by atoms with E-state index < -0.39 is 0 Å². The van der Waals surface area contributed by atoms with Crippen molar-refractivity contribution in [1.82, 2.24) is 10.2 Å². The molecule has 3 nitrogen and oxygen atoms in total. The number of β-amino-alcohol motifs (C(OH)–C–C–N with tert-alkyl or cyclic N) is 1. The van der Waals surface area contributed by atoms with Gasteiger partial charge in [0.1, 0.15) is 0 Å². The molecule has 1 aliphatic heterocycles. The smallest absolute Gasteiger partial charge is 0.0982 e. The van der Waals surface area contributed by atoms with Crippen molar-refractivity contribution in [3.63, 3.8) is 0 Å². The highest BCUT2D eigenvalue weighted by Crippen LogP contribution is 2.13. The molecule has 0 aromatic heterocycles. The first-order valence-electron chi connectivity index (χ1n) is 8.32. The molecule has 0 spiro atoms. The monoisotopic (exact) mass is 280 g/mol. The molecular weight excluding hydrogens is 248 g/mol. The van der Waals surface area contributed by atoms with Crippen LogP contribution in [0.3, 0.4) is 0 Å². The molecule has 0 bridgehead atoms. The van der Waals surface area contributed by atoms with Crippen molar-refractivity contribution in [3.8, 4) is 0 Å². The summed E-state index contributed by atoms with van der Waals surface area (Å²) < 4.78 is 0. The fourth-order valence-electron chi connectivity index (χ4n) is 2.56. The van der Waals surface area contributed by atoms with E-state index in [1.54, 1.807) is 0 Å². The Labute approximate surface area is 124 Å². The largest absolute Gasteiger partial charge is 0.395 e. The number of nitrogens with one attached hydrogen (secondary N) is 1. The lowest BCUT2D eigenvalue weighted by atomic mass is 10.1. The summed E-state index contributed by atoms with van der Waals surface area (Å²) in [5, 5.41) is 12.3. The average Bonchev–Trinajstić information content (AvgIpc) is 2.89. The number of aliphatic hydroxyl groups is 1. The first kappa shape index (κ1) is 17.1. The Morgan fingerprint density at radius 2 is 1.85 bits per heavy atom. The fourth-order valence-corrected chi connectivity index (χ4v) is 2.56. The van der Waals surface area contributed by atoms with Crippen LogP contribution in [-0.4, -0.2) is 29.3 Å². The predicted molar refractivity (Wildman–Crippen MR) is 86.2 cm³/mol. The molecule has 116 valence electrons. The topological polar surface area (TPSA) is 35.5 Å². The molecule has 0 aromatic rings. The summed E-state index contributed by atoms with van der Waals surface area (Å²) in [4.78, 5) is 2.19. The maximum atomic E-state index is 8.98. The van der Waals surface area contributed by atoms with Crippen LogP contribution in [0.2, 0.25) is 0 Å². The number of allylic oxidation sites excluding steroid dienone is 2. The van der Waals surface area contributed by atoms with Gasteiger partial charge in [-0.1, -0.05) is 44.8 Å². The van der Waals surface area contributed by atoms with Crippen molar-refractivity contribution < 1.29 is 5.11 Å². The van der Waals surface area contributed by atoms with Crippen molar-refractivity contribution in [2.24, 2.45) is 0 Å². The van der Waals surface area contributed by atoms with Crippen LogP contribution >= 0.6 is 0 Å². The van der Waals surface area contributed by atoms with Gasteiger partial charge in [0, 0.05) is 18.9 Å². The Morgan fingerprint density at radius 1 is 1.10 bits per heavy atom. The number of nitrogens with zero attached hydrogens (tertiary/aromatic N) is 1. The van der Waals surface area contributed by atoms with Gasteiger partial charge in [-0.15, -0.1) is 0 Å². The summed E-state index contributed by atoms with van der Waals surface area (Å²) in [6, 6.07) is 0. The second-order valence-electron chi connectivity index (χ2n) is 5.56. The molecule has 1 aliphatic rings. The Hall–Kier alpha value is -0.960. The Bertz CT molecular complexity index is 276. The summed E-state index contributed by atoms with van der Waals surface area (Å²) >= 11 is 0. The lowest BCUT2D eigenvalue weighted by Crippen LogP contribution is -2.36. The predicted octanol–water partition coefficient (Wildman–Crippen LogP) is 3.77. The number of hydrogen-bond acceptors (Lipinski definition) is 3. The zero-order valence-corrected chi connectivity index (χ0v) is 13.1. The van der Waals surface area contributed by atoms with Crippen LogP contribution < -0.4 is 5.32 Å². The molecule has 20 heavy (non-hydrogen) atoms. The van der Waals surface area contributed by atoms with Gasteiger partial charge in [-0.25, -0.2) is 0 Å². The van der Waals surface area contributed by atoms with Crippen LogP contribution in [0, 0.1) is 0 Å². The van der Waals surface area contributed by atoms with Gasteiger partial charge in [0.15, 0.2) is 0 Å². The quantitative estimate of drug-likeness (QED) is 0.422. The highest BCUT2D eigenvalue weighted by Gasteiger charge is 2.16. The van der Waals surface area contributed by atoms with E-state index >= 15 is 0 Å². The van der Waals surface area contributed by atoms with Crippen LogP contribution in [-0.2, 0) is 0 Å². The van der Waals surface area contributed by atoms with E-state index in [1.807, 2.05) is 12.4 Å². The molecule has 1 unspecified atom stereocenters. The molecule has 0 amide bonds. The third-order valence-electron chi connectivity index (χ3n) is 3.80. The number of aliphatic hydroxyl groups excluding tert-OH is 1. The number of rotatable bonds is 12. The van der Waals surface area contributed by atoms with E-state index in [0.29, 0.717) is 6.17 Å². The SMILES string of the molecule is CCCC/C=C/CCCCCCC1NC=CN1CCO. The molecule has 1 rings (SSSR count). The molecule has 3 heteroatoms. The molecule has 0 radical (unpaired) electrons. The summed E-state index contributed by atoms with van der Waals surface area (Å²) in [6.07, 6.45) is 20.6. The zero-order valence-electron chi connectivity index (χ0n) is 13.1. The normalized spacial score (nSPS) is 18.1. The van der Waals surface area contributed by atoms with Crippen LogP contribution in [0.1, 0.15) is 64.7 Å². The van der Waals surface area contributed by atoms with Crippen molar-refractivity contribution in [3.05, 3.63) is 24.6 Å². The minimum atomic E-state index is 0.229. The second-order valence-corrected chi connectivity index (χ2v) is 5.56. The minimum Gasteiger partial charge on any atom is -0.395 e. The van der Waals surface area contributed by atoms with Crippen molar-refractivity contribution in [2.45, 2.75) is 70.9 Å². The third kappa shape index (κ3) is 7.59. The maximum Gasteiger partial charge on any atom is 0.0982 e. The highest BCUT2D eigenvalue weighted by molar-refractivity contribution is 4.93. The van der Waals surface area contributed by atoms with Crippen molar-refractivity contribution >= 4 is 0 Å². The zero-order chi connectivity index (χ0) is 14.5. The van der Waals surface area contributed by atoms with Gasteiger partial charge in [0.2, 0.25) is 0 Å². The maximum absolute atomic E-state index is 8.98. The molecular formula is C17H32N2O. The molecule has 1 atom stereocenters. The average molecular weight is 280 g/mol. The van der Waals surface area contributed by atoms with E-state index in [1.165, 1.54) is 57.8 Å². The van der Waals surface area contributed by atoms with Gasteiger partial charge >= 0.3 is 0 Å². The van der Waals surface area contributed by atoms with E-state index in [2.05, 4.69) is 29.3 Å². The third-order valence-corrected chi connectivity index (χ3v) is 3.80. The molecule has 2 N–H and O–H groups in total. The Morgan fingerprint density at radius 3 is 2.60 bits per heavy atom. The van der Waals surface area contributed by atoms with Crippen molar-refractivity contribution in [2.75, 3.05) is 13.2 Å². The molecule has 0 aromatic carbocycles. The Kier molecular flexibility index (Phi) is 10.1. The van der Waals surface area contributed by atoms with E-state index in [-0.39, 0.29) is 6.61 Å². The van der Waals surface area contributed by atoms with Gasteiger partial charge in [-0.05, 0) is 32.1 Å². The van der Waals surface area contributed by atoms with E-state index in [4.69, 9.17) is 5.11 Å². The lowest BCUT2D eigenvalue weighted by molar-refractivity contribution is 0.194. The van der Waals surface area contributed by atoms with Gasteiger partial charge in [-0.3, -0.25) is 0 Å². The van der Waals surface area contributed by atoms with Crippen LogP contribution in [0.4, 0.5) is 0 Å². The Balaban J connectivity index is 1.91. The van der Waals surface area contributed by atoms with Crippen molar-refractivity contribution in [1.29, 1.82) is 0 Å². The molecule has 0 fully saturated rings. The van der Waals surface area contributed by atoms with Crippen LogP contribution in [0.5, 0.6) is 0 Å². The lowest BCUT2D eigenvalue weighted by Gasteiger charge is -2.24. The molecule has 0 aliphatic carbocycles. The first-order chi connectivity index (χ1) is 9.88. The molecule has 0 saturated heterocycles. The summed E-state index contributed by atoms with van der Waals surface area (Å²) in [6.45, 7) is 3.20. The number of hydrogen-bond donors (Lipinski definition) is 2. The van der Waals surface area contributed by atoms with Gasteiger partial charge in [0.25, 0.3) is 0 Å². The molecule has 1 heterocycles.